The minimum Gasteiger partial charge on any atom is -0.294 e. The molecule has 4 heteroatoms. The molecule has 0 aliphatic carbocycles. The van der Waals surface area contributed by atoms with E-state index in [1.165, 1.54) is 35.1 Å². The van der Waals surface area contributed by atoms with Crippen LogP contribution < -0.4 is 0 Å². The van der Waals surface area contributed by atoms with Crippen LogP contribution in [-0.2, 0) is 4.79 Å². The van der Waals surface area contributed by atoms with Crippen LogP contribution in [0.1, 0.15) is 60.0 Å². The van der Waals surface area contributed by atoms with Gasteiger partial charge < -0.3 is 0 Å². The van der Waals surface area contributed by atoms with E-state index in [2.05, 4.69) is 75.1 Å². The van der Waals surface area contributed by atoms with Gasteiger partial charge in [-0.2, -0.15) is 5.10 Å². The molecular weight excluding hydrogens is 370 g/mol. The molecule has 0 radical (unpaired) electrons. The first kappa shape index (κ1) is 20.8. The first-order chi connectivity index (χ1) is 14.4. The molecule has 1 amide bonds. The van der Waals surface area contributed by atoms with Crippen molar-refractivity contribution in [3.05, 3.63) is 70.3 Å². The standard InChI is InChI=1S/C26H33N3O/c1-18-6-9-22(10-7-18)24-16-25(23-15-20(3)5-8-21(23)4)29(27-24)26(30)17-28-13-11-19(2)12-14-28/h5-10,15,19,25H,11-14,16-17H2,1-4H3/t25-/m1/s1. The third-order valence-corrected chi connectivity index (χ3v) is 6.58. The van der Waals surface area contributed by atoms with E-state index < -0.39 is 0 Å². The lowest BCUT2D eigenvalue weighted by atomic mass is 9.93. The number of carbonyl (C=O) groups excluding carboxylic acids is 1. The van der Waals surface area contributed by atoms with Gasteiger partial charge in [-0.3, -0.25) is 9.69 Å². The van der Waals surface area contributed by atoms with Crippen molar-refractivity contribution in [1.82, 2.24) is 9.91 Å². The Hall–Kier alpha value is -2.46. The predicted molar refractivity (Wildman–Crippen MR) is 123 cm³/mol. The van der Waals surface area contributed by atoms with Crippen molar-refractivity contribution in [3.8, 4) is 0 Å². The van der Waals surface area contributed by atoms with E-state index in [1.807, 2.05) is 0 Å². The van der Waals surface area contributed by atoms with Gasteiger partial charge in [-0.1, -0.05) is 60.5 Å². The van der Waals surface area contributed by atoms with Gasteiger partial charge in [-0.25, -0.2) is 5.01 Å². The molecule has 4 rings (SSSR count). The van der Waals surface area contributed by atoms with Gasteiger partial charge >= 0.3 is 0 Å². The summed E-state index contributed by atoms with van der Waals surface area (Å²) >= 11 is 0. The zero-order chi connectivity index (χ0) is 21.3. The van der Waals surface area contributed by atoms with Crippen molar-refractivity contribution in [3.63, 3.8) is 0 Å². The first-order valence-corrected chi connectivity index (χ1v) is 11.2. The van der Waals surface area contributed by atoms with Crippen LogP contribution in [0.2, 0.25) is 0 Å². The predicted octanol–water partition coefficient (Wildman–Crippen LogP) is 5.02. The van der Waals surface area contributed by atoms with Crippen molar-refractivity contribution < 1.29 is 4.79 Å². The van der Waals surface area contributed by atoms with E-state index in [0.29, 0.717) is 6.54 Å². The maximum absolute atomic E-state index is 13.4. The summed E-state index contributed by atoms with van der Waals surface area (Å²) in [4.78, 5) is 15.7. The van der Waals surface area contributed by atoms with Crippen LogP contribution in [0.4, 0.5) is 0 Å². The number of hydrogen-bond acceptors (Lipinski definition) is 3. The maximum Gasteiger partial charge on any atom is 0.257 e. The van der Waals surface area contributed by atoms with Gasteiger partial charge in [0.05, 0.1) is 18.3 Å². The molecule has 0 N–H and O–H groups in total. The van der Waals surface area contributed by atoms with E-state index in [-0.39, 0.29) is 11.9 Å². The molecule has 1 saturated heterocycles. The SMILES string of the molecule is Cc1ccc(C2=NN(C(=O)CN3CCC(C)CC3)[C@@H](c3cc(C)ccc3C)C2)cc1. The quantitative estimate of drug-likeness (QED) is 0.718. The lowest BCUT2D eigenvalue weighted by Gasteiger charge is -2.31. The number of benzene rings is 2. The molecule has 0 saturated carbocycles. The van der Waals surface area contributed by atoms with Gasteiger partial charge in [0.25, 0.3) is 5.91 Å². The van der Waals surface area contributed by atoms with Gasteiger partial charge in [-0.05, 0) is 69.3 Å². The fourth-order valence-electron chi connectivity index (χ4n) is 4.51. The van der Waals surface area contributed by atoms with Crippen LogP contribution in [-0.4, -0.2) is 41.2 Å². The minimum atomic E-state index is -0.0302. The molecule has 2 aromatic rings. The molecule has 30 heavy (non-hydrogen) atoms. The third kappa shape index (κ3) is 4.49. The van der Waals surface area contributed by atoms with Crippen LogP contribution in [0.15, 0.2) is 47.6 Å². The van der Waals surface area contributed by atoms with Crippen LogP contribution in [0, 0.1) is 26.7 Å². The van der Waals surface area contributed by atoms with Crippen LogP contribution in [0.25, 0.3) is 0 Å². The highest BCUT2D eigenvalue weighted by molar-refractivity contribution is 6.03. The highest BCUT2D eigenvalue weighted by atomic mass is 16.2. The summed E-state index contributed by atoms with van der Waals surface area (Å²) in [6.07, 6.45) is 3.10. The molecule has 0 unspecified atom stereocenters. The normalized spacial score (nSPS) is 20.5. The summed E-state index contributed by atoms with van der Waals surface area (Å²) in [5.74, 6) is 0.870. The van der Waals surface area contributed by atoms with Crippen molar-refractivity contribution in [2.75, 3.05) is 19.6 Å². The summed E-state index contributed by atoms with van der Waals surface area (Å²) in [5.41, 5.74) is 6.99. The molecule has 2 aromatic carbocycles. The van der Waals surface area contributed by atoms with Crippen LogP contribution >= 0.6 is 0 Å². The van der Waals surface area contributed by atoms with Gasteiger partial charge in [0.1, 0.15) is 0 Å². The second-order valence-corrected chi connectivity index (χ2v) is 9.19. The summed E-state index contributed by atoms with van der Waals surface area (Å²) in [7, 11) is 0. The fraction of sp³-hybridized carbons (Fsp3) is 0.462. The van der Waals surface area contributed by atoms with E-state index in [0.717, 1.165) is 36.7 Å². The Morgan fingerprint density at radius 1 is 1.00 bits per heavy atom. The molecule has 158 valence electrons. The van der Waals surface area contributed by atoms with Crippen molar-refractivity contribution in [2.24, 2.45) is 11.0 Å². The average molecular weight is 404 g/mol. The van der Waals surface area contributed by atoms with Gasteiger partial charge in [0.15, 0.2) is 0 Å². The number of amides is 1. The van der Waals surface area contributed by atoms with Crippen molar-refractivity contribution >= 4 is 11.6 Å². The Kier molecular flexibility index (Phi) is 6.05. The number of hydrogen-bond donors (Lipinski definition) is 0. The molecule has 0 bridgehead atoms. The number of nitrogens with zero attached hydrogens (tertiary/aromatic N) is 3. The summed E-state index contributed by atoms with van der Waals surface area (Å²) in [6, 6.07) is 14.9. The van der Waals surface area contributed by atoms with Crippen LogP contribution in [0.5, 0.6) is 0 Å². The maximum atomic E-state index is 13.4. The number of piperidine rings is 1. The zero-order valence-corrected chi connectivity index (χ0v) is 18.7. The number of hydrazone groups is 1. The lowest BCUT2D eigenvalue weighted by molar-refractivity contribution is -0.134. The molecule has 2 aliphatic rings. The zero-order valence-electron chi connectivity index (χ0n) is 18.7. The minimum absolute atomic E-state index is 0.0302. The van der Waals surface area contributed by atoms with Gasteiger partial charge in [-0.15, -0.1) is 0 Å². The van der Waals surface area contributed by atoms with Gasteiger partial charge in [0, 0.05) is 6.42 Å². The number of aryl methyl sites for hydroxylation is 3. The molecular formula is C26H33N3O. The largest absolute Gasteiger partial charge is 0.294 e. The van der Waals surface area contributed by atoms with Crippen LogP contribution in [0.3, 0.4) is 0 Å². The molecule has 4 nitrogen and oxygen atoms in total. The summed E-state index contributed by atoms with van der Waals surface area (Å²) in [5, 5.41) is 6.64. The van der Waals surface area contributed by atoms with Crippen molar-refractivity contribution in [1.29, 1.82) is 0 Å². The van der Waals surface area contributed by atoms with Crippen molar-refractivity contribution in [2.45, 2.75) is 53.0 Å². The fourth-order valence-corrected chi connectivity index (χ4v) is 4.51. The Morgan fingerprint density at radius 2 is 1.67 bits per heavy atom. The Bertz CT molecular complexity index is 939. The Labute approximate surface area is 180 Å². The van der Waals surface area contributed by atoms with E-state index in [9.17, 15) is 4.79 Å². The smallest absolute Gasteiger partial charge is 0.257 e. The topological polar surface area (TPSA) is 35.9 Å². The van der Waals surface area contributed by atoms with E-state index >= 15 is 0 Å². The highest BCUT2D eigenvalue weighted by Gasteiger charge is 2.34. The molecule has 1 fully saturated rings. The number of rotatable bonds is 4. The monoisotopic (exact) mass is 403 g/mol. The molecule has 0 spiro atoms. The summed E-state index contributed by atoms with van der Waals surface area (Å²) in [6.45, 7) is 11.1. The Morgan fingerprint density at radius 3 is 2.37 bits per heavy atom. The number of likely N-dealkylation sites (tertiary alicyclic amines) is 1. The summed E-state index contributed by atoms with van der Waals surface area (Å²) < 4.78 is 0. The van der Waals surface area contributed by atoms with Gasteiger partial charge in [0.2, 0.25) is 0 Å². The second kappa shape index (κ2) is 8.73. The lowest BCUT2D eigenvalue weighted by Crippen LogP contribution is -2.41. The number of carbonyl (C=O) groups is 1. The first-order valence-electron chi connectivity index (χ1n) is 11.2. The average Bonchev–Trinajstić information content (AvgIpc) is 3.17. The van der Waals surface area contributed by atoms with E-state index in [1.54, 1.807) is 5.01 Å². The molecule has 2 aliphatic heterocycles. The molecule has 2 heterocycles. The highest BCUT2D eigenvalue weighted by Crippen LogP contribution is 2.35. The van der Waals surface area contributed by atoms with E-state index in [4.69, 9.17) is 5.10 Å². The molecule has 1 atom stereocenters. The second-order valence-electron chi connectivity index (χ2n) is 9.19. The Balaban J connectivity index is 1.62. The third-order valence-electron chi connectivity index (χ3n) is 6.58. The molecule has 0 aromatic heterocycles.